The van der Waals surface area contributed by atoms with E-state index in [4.69, 9.17) is 0 Å². The fraction of sp³-hybridized carbons (Fsp3) is 0.240. The Morgan fingerprint density at radius 1 is 1.03 bits per heavy atom. The number of anilines is 2. The van der Waals surface area contributed by atoms with Crippen molar-refractivity contribution in [1.82, 2.24) is 10.3 Å². The van der Waals surface area contributed by atoms with Crippen LogP contribution in [0.5, 0.6) is 5.75 Å². The molecule has 1 aromatic heterocycles. The summed E-state index contributed by atoms with van der Waals surface area (Å²) in [6.45, 7) is 2.28. The van der Waals surface area contributed by atoms with Gasteiger partial charge in [0, 0.05) is 31.0 Å². The molecule has 8 nitrogen and oxygen atoms in total. The highest BCUT2D eigenvalue weighted by atomic mass is 35.5. The number of nitrogens with zero attached hydrogens (tertiary/aromatic N) is 1. The number of phenols is 1. The summed E-state index contributed by atoms with van der Waals surface area (Å²) in [4.78, 5) is 27.8. The average molecular weight is 485 g/mol. The summed E-state index contributed by atoms with van der Waals surface area (Å²) in [7, 11) is 0. The molecule has 5 N–H and O–H groups in total. The van der Waals surface area contributed by atoms with Crippen molar-refractivity contribution >= 4 is 35.6 Å². The number of para-hydroxylation sites is 1. The van der Waals surface area contributed by atoms with Crippen LogP contribution >= 0.6 is 12.4 Å². The van der Waals surface area contributed by atoms with Gasteiger partial charge in [-0.05, 0) is 60.5 Å². The molecule has 9 heteroatoms. The molecule has 0 fully saturated rings. The predicted octanol–water partition coefficient (Wildman–Crippen LogP) is 3.21. The molecule has 1 unspecified atom stereocenters. The van der Waals surface area contributed by atoms with Gasteiger partial charge in [0.15, 0.2) is 0 Å². The normalized spacial score (nSPS) is 11.2. The second-order valence-corrected chi connectivity index (χ2v) is 7.67. The van der Waals surface area contributed by atoms with Crippen LogP contribution in [-0.2, 0) is 22.4 Å². The number of hydrogen-bond donors (Lipinski definition) is 5. The highest BCUT2D eigenvalue weighted by molar-refractivity contribution is 5.92. The molecular weight excluding hydrogens is 456 g/mol. The molecule has 2 amide bonds. The molecule has 3 aromatic rings. The van der Waals surface area contributed by atoms with Crippen LogP contribution in [0, 0.1) is 0 Å². The van der Waals surface area contributed by atoms with E-state index in [1.807, 2.05) is 42.5 Å². The number of amides is 2. The van der Waals surface area contributed by atoms with Crippen LogP contribution in [-0.4, -0.2) is 40.1 Å². The number of rotatable bonds is 10. The van der Waals surface area contributed by atoms with Gasteiger partial charge in [-0.2, -0.15) is 0 Å². The largest absolute Gasteiger partial charge is 0.506 e. The average Bonchev–Trinajstić information content (AvgIpc) is 2.78. The van der Waals surface area contributed by atoms with Gasteiger partial charge in [0.2, 0.25) is 11.8 Å². The first-order chi connectivity index (χ1) is 15.9. The Morgan fingerprint density at radius 2 is 1.79 bits per heavy atom. The molecule has 1 heterocycles. The molecule has 0 aliphatic rings. The molecule has 0 bridgehead atoms. The Bertz CT molecular complexity index is 1100. The third-order valence-electron chi connectivity index (χ3n) is 4.92. The maximum absolute atomic E-state index is 12.2. The summed E-state index contributed by atoms with van der Waals surface area (Å²) < 4.78 is 0. The number of benzene rings is 2. The Hall–Kier alpha value is -3.46. The molecule has 0 saturated carbocycles. The van der Waals surface area contributed by atoms with Gasteiger partial charge in [-0.3, -0.25) is 14.6 Å². The van der Waals surface area contributed by atoms with E-state index in [9.17, 15) is 19.8 Å². The minimum atomic E-state index is -0.798. The first-order valence-electron chi connectivity index (χ1n) is 10.7. The zero-order chi connectivity index (χ0) is 23.6. The topological polar surface area (TPSA) is 124 Å². The van der Waals surface area contributed by atoms with Crippen molar-refractivity contribution in [3.63, 3.8) is 0 Å². The van der Waals surface area contributed by atoms with Gasteiger partial charge in [0.1, 0.15) is 5.75 Å². The SMILES string of the molecule is CC(=O)Nc1cc(C(O)CNCCc2ccnc(CC(=O)Nc3ccccc3)c2)ccc1O.Cl. The molecule has 0 radical (unpaired) electrons. The third kappa shape index (κ3) is 8.47. The first kappa shape index (κ1) is 26.8. The Morgan fingerprint density at radius 3 is 2.53 bits per heavy atom. The number of pyridine rings is 1. The van der Waals surface area contributed by atoms with E-state index < -0.39 is 6.10 Å². The van der Waals surface area contributed by atoms with Crippen LogP contribution in [0.4, 0.5) is 11.4 Å². The van der Waals surface area contributed by atoms with E-state index in [-0.39, 0.29) is 42.1 Å². The summed E-state index contributed by atoms with van der Waals surface area (Å²) in [5, 5.41) is 28.8. The van der Waals surface area contributed by atoms with Crippen LogP contribution in [0.1, 0.15) is 29.8 Å². The van der Waals surface area contributed by atoms with Crippen LogP contribution in [0.2, 0.25) is 0 Å². The van der Waals surface area contributed by atoms with Crippen molar-refractivity contribution in [2.75, 3.05) is 23.7 Å². The number of carbonyl (C=O) groups excluding carboxylic acids is 2. The minimum absolute atomic E-state index is 0. The number of aromatic nitrogens is 1. The van der Waals surface area contributed by atoms with Gasteiger partial charge in [-0.1, -0.05) is 24.3 Å². The van der Waals surface area contributed by atoms with E-state index in [1.54, 1.807) is 18.3 Å². The summed E-state index contributed by atoms with van der Waals surface area (Å²) in [6.07, 6.45) is 1.78. The highest BCUT2D eigenvalue weighted by Gasteiger charge is 2.11. The lowest BCUT2D eigenvalue weighted by molar-refractivity contribution is -0.116. The zero-order valence-electron chi connectivity index (χ0n) is 18.8. The van der Waals surface area contributed by atoms with Crippen LogP contribution in [0.25, 0.3) is 0 Å². The predicted molar refractivity (Wildman–Crippen MR) is 134 cm³/mol. The van der Waals surface area contributed by atoms with E-state index in [0.717, 1.165) is 11.3 Å². The summed E-state index contributed by atoms with van der Waals surface area (Å²) >= 11 is 0. The van der Waals surface area contributed by atoms with E-state index in [1.165, 1.54) is 13.0 Å². The second kappa shape index (κ2) is 13.3. The number of nitrogens with one attached hydrogen (secondary N) is 3. The lowest BCUT2D eigenvalue weighted by atomic mass is 10.1. The third-order valence-corrected chi connectivity index (χ3v) is 4.92. The summed E-state index contributed by atoms with van der Waals surface area (Å²) in [5.74, 6) is -0.482. The lowest BCUT2D eigenvalue weighted by Crippen LogP contribution is -2.24. The highest BCUT2D eigenvalue weighted by Crippen LogP contribution is 2.27. The molecule has 0 spiro atoms. The molecule has 3 rings (SSSR count). The number of hydrogen-bond acceptors (Lipinski definition) is 6. The quantitative estimate of drug-likeness (QED) is 0.222. The monoisotopic (exact) mass is 484 g/mol. The van der Waals surface area contributed by atoms with Crippen molar-refractivity contribution < 1.29 is 19.8 Å². The van der Waals surface area contributed by atoms with Crippen molar-refractivity contribution in [1.29, 1.82) is 0 Å². The number of aromatic hydroxyl groups is 1. The Kier molecular flexibility index (Phi) is 10.5. The maximum Gasteiger partial charge on any atom is 0.230 e. The lowest BCUT2D eigenvalue weighted by Gasteiger charge is -2.14. The number of carbonyl (C=O) groups is 2. The van der Waals surface area contributed by atoms with Gasteiger partial charge in [-0.15, -0.1) is 12.4 Å². The smallest absolute Gasteiger partial charge is 0.230 e. The van der Waals surface area contributed by atoms with Gasteiger partial charge >= 0.3 is 0 Å². The summed E-state index contributed by atoms with van der Waals surface area (Å²) in [5.41, 5.74) is 3.32. The van der Waals surface area contributed by atoms with Crippen molar-refractivity contribution in [3.8, 4) is 5.75 Å². The molecule has 34 heavy (non-hydrogen) atoms. The van der Waals surface area contributed by atoms with Gasteiger partial charge in [0.05, 0.1) is 18.2 Å². The molecule has 0 aliphatic heterocycles. The molecule has 0 saturated heterocycles. The van der Waals surface area contributed by atoms with Crippen LogP contribution in [0.15, 0.2) is 66.9 Å². The first-order valence-corrected chi connectivity index (χ1v) is 10.7. The molecule has 0 aliphatic carbocycles. The zero-order valence-corrected chi connectivity index (χ0v) is 19.6. The summed E-state index contributed by atoms with van der Waals surface area (Å²) in [6, 6.07) is 17.7. The van der Waals surface area contributed by atoms with E-state index >= 15 is 0 Å². The van der Waals surface area contributed by atoms with Crippen molar-refractivity contribution in [2.24, 2.45) is 0 Å². The van der Waals surface area contributed by atoms with Crippen LogP contribution in [0.3, 0.4) is 0 Å². The van der Waals surface area contributed by atoms with Crippen molar-refractivity contribution in [2.45, 2.75) is 25.9 Å². The Labute approximate surface area is 204 Å². The van der Waals surface area contributed by atoms with Crippen LogP contribution < -0.4 is 16.0 Å². The molecule has 2 aromatic carbocycles. The fourth-order valence-corrected chi connectivity index (χ4v) is 3.31. The number of aliphatic hydroxyl groups excluding tert-OH is 1. The van der Waals surface area contributed by atoms with Gasteiger partial charge < -0.3 is 26.2 Å². The standard InChI is InChI=1S/C25H28N4O4.ClH/c1-17(30)28-22-14-19(7-8-23(22)31)24(32)16-26-11-9-18-10-12-27-21(13-18)15-25(33)29-20-5-3-2-4-6-20;/h2-8,10,12-14,24,26,31-32H,9,11,15-16H2,1H3,(H,28,30)(H,29,33);1H. The van der Waals surface area contributed by atoms with E-state index in [2.05, 4.69) is 20.9 Å². The minimum Gasteiger partial charge on any atom is -0.506 e. The Balaban J connectivity index is 0.00000408. The fourth-order valence-electron chi connectivity index (χ4n) is 3.31. The van der Waals surface area contributed by atoms with E-state index in [0.29, 0.717) is 30.8 Å². The molecule has 180 valence electrons. The van der Waals surface area contributed by atoms with Gasteiger partial charge in [-0.25, -0.2) is 0 Å². The second-order valence-electron chi connectivity index (χ2n) is 7.67. The number of phenolic OH excluding ortho intramolecular Hbond substituents is 1. The van der Waals surface area contributed by atoms with Gasteiger partial charge in [0.25, 0.3) is 0 Å². The number of halogens is 1. The molecule has 1 atom stereocenters. The number of aliphatic hydroxyl groups is 1. The molecular formula is C25H29ClN4O4. The maximum atomic E-state index is 12.2. The van der Waals surface area contributed by atoms with Crippen molar-refractivity contribution in [3.05, 3.63) is 83.7 Å².